The summed E-state index contributed by atoms with van der Waals surface area (Å²) in [6.45, 7) is 1.62. The minimum absolute atomic E-state index is 0.683. The van der Waals surface area contributed by atoms with Crippen LogP contribution in [-0.4, -0.2) is 4.98 Å². The third-order valence-corrected chi connectivity index (χ3v) is 3.53. The zero-order chi connectivity index (χ0) is 15.2. The fourth-order valence-electron chi connectivity index (χ4n) is 2.41. The summed E-state index contributed by atoms with van der Waals surface area (Å²) in [5, 5.41) is 0. The second kappa shape index (κ2) is 6.76. The van der Waals surface area contributed by atoms with Gasteiger partial charge >= 0.3 is 0 Å². The van der Waals surface area contributed by atoms with Crippen molar-refractivity contribution in [3.05, 3.63) is 90.1 Å². The molecule has 0 fully saturated rings. The number of hydrogen-bond acceptors (Lipinski definition) is 3. The highest BCUT2D eigenvalue weighted by Crippen LogP contribution is 2.18. The highest BCUT2D eigenvalue weighted by atomic mass is 15.2. The molecule has 0 bridgehead atoms. The van der Waals surface area contributed by atoms with E-state index in [0.717, 1.165) is 18.9 Å². The van der Waals surface area contributed by atoms with Gasteiger partial charge in [-0.25, -0.2) is 4.98 Å². The fraction of sp³-hybridized carbons (Fsp3) is 0.105. The van der Waals surface area contributed by atoms with Gasteiger partial charge in [0.1, 0.15) is 5.82 Å². The number of benzene rings is 2. The molecular formula is C19H19N3. The first kappa shape index (κ1) is 14.1. The molecule has 2 N–H and O–H groups in total. The Labute approximate surface area is 131 Å². The molecule has 0 aliphatic heterocycles. The maximum absolute atomic E-state index is 5.75. The van der Waals surface area contributed by atoms with Crippen LogP contribution >= 0.6 is 0 Å². The van der Waals surface area contributed by atoms with E-state index in [2.05, 4.69) is 58.4 Å². The quantitative estimate of drug-likeness (QED) is 0.775. The molecule has 0 saturated carbocycles. The molecule has 0 amide bonds. The Bertz CT molecular complexity index is 652. The van der Waals surface area contributed by atoms with Gasteiger partial charge in [-0.05, 0) is 23.3 Å². The van der Waals surface area contributed by atoms with E-state index in [0.29, 0.717) is 5.69 Å². The number of pyridine rings is 1. The van der Waals surface area contributed by atoms with Crippen LogP contribution in [0.4, 0.5) is 11.5 Å². The zero-order valence-electron chi connectivity index (χ0n) is 12.4. The first-order valence-corrected chi connectivity index (χ1v) is 7.35. The molecule has 3 nitrogen and oxygen atoms in total. The molecule has 3 aromatic rings. The van der Waals surface area contributed by atoms with Crippen molar-refractivity contribution in [2.24, 2.45) is 0 Å². The Morgan fingerprint density at radius 1 is 0.727 bits per heavy atom. The van der Waals surface area contributed by atoms with Crippen LogP contribution in [0, 0.1) is 0 Å². The van der Waals surface area contributed by atoms with Gasteiger partial charge in [0.15, 0.2) is 0 Å². The van der Waals surface area contributed by atoms with Crippen molar-refractivity contribution < 1.29 is 0 Å². The largest absolute Gasteiger partial charge is 0.397 e. The maximum Gasteiger partial charge on any atom is 0.129 e. The molecule has 0 aliphatic rings. The minimum Gasteiger partial charge on any atom is -0.397 e. The van der Waals surface area contributed by atoms with Gasteiger partial charge < -0.3 is 10.6 Å². The predicted molar refractivity (Wildman–Crippen MR) is 91.4 cm³/mol. The lowest BCUT2D eigenvalue weighted by molar-refractivity contribution is 0.784. The summed E-state index contributed by atoms with van der Waals surface area (Å²) in [6.07, 6.45) is 1.71. The molecule has 3 heteroatoms. The van der Waals surface area contributed by atoms with Crippen LogP contribution in [0.15, 0.2) is 79.0 Å². The van der Waals surface area contributed by atoms with Crippen molar-refractivity contribution in [1.82, 2.24) is 4.98 Å². The third kappa shape index (κ3) is 3.64. The van der Waals surface area contributed by atoms with Gasteiger partial charge in [0.25, 0.3) is 0 Å². The summed E-state index contributed by atoms with van der Waals surface area (Å²) in [6, 6.07) is 24.7. The molecule has 110 valence electrons. The van der Waals surface area contributed by atoms with Crippen LogP contribution in [0.1, 0.15) is 11.1 Å². The Morgan fingerprint density at radius 2 is 1.27 bits per heavy atom. The Morgan fingerprint density at radius 3 is 1.73 bits per heavy atom. The van der Waals surface area contributed by atoms with E-state index in [-0.39, 0.29) is 0 Å². The van der Waals surface area contributed by atoms with Crippen LogP contribution in [-0.2, 0) is 13.1 Å². The molecule has 3 rings (SSSR count). The highest BCUT2D eigenvalue weighted by Gasteiger charge is 2.09. The van der Waals surface area contributed by atoms with Crippen LogP contribution in [0.3, 0.4) is 0 Å². The van der Waals surface area contributed by atoms with Gasteiger partial charge in [-0.1, -0.05) is 60.7 Å². The van der Waals surface area contributed by atoms with Crippen molar-refractivity contribution in [2.45, 2.75) is 13.1 Å². The first-order chi connectivity index (χ1) is 10.8. The summed E-state index contributed by atoms with van der Waals surface area (Å²) in [4.78, 5) is 6.73. The monoisotopic (exact) mass is 289 g/mol. The summed E-state index contributed by atoms with van der Waals surface area (Å²) >= 11 is 0. The van der Waals surface area contributed by atoms with E-state index >= 15 is 0 Å². The highest BCUT2D eigenvalue weighted by molar-refractivity contribution is 5.46. The number of rotatable bonds is 5. The van der Waals surface area contributed by atoms with E-state index in [4.69, 9.17) is 5.73 Å². The van der Waals surface area contributed by atoms with E-state index in [1.54, 1.807) is 6.20 Å². The van der Waals surface area contributed by atoms with Crippen molar-refractivity contribution >= 4 is 11.5 Å². The van der Waals surface area contributed by atoms with Gasteiger partial charge in [0, 0.05) is 13.1 Å². The number of nitrogens with zero attached hydrogens (tertiary/aromatic N) is 2. The summed E-state index contributed by atoms with van der Waals surface area (Å²) in [7, 11) is 0. The molecule has 0 atom stereocenters. The molecule has 0 unspecified atom stereocenters. The van der Waals surface area contributed by atoms with Crippen molar-refractivity contribution in [1.29, 1.82) is 0 Å². The van der Waals surface area contributed by atoms with Crippen molar-refractivity contribution in [3.8, 4) is 0 Å². The number of nitrogens with two attached hydrogens (primary N) is 1. The molecule has 1 aromatic heterocycles. The molecule has 0 aliphatic carbocycles. The molecule has 0 saturated heterocycles. The number of anilines is 2. The van der Waals surface area contributed by atoms with Gasteiger partial charge in [-0.2, -0.15) is 0 Å². The number of aromatic nitrogens is 1. The van der Waals surface area contributed by atoms with E-state index in [9.17, 15) is 0 Å². The topological polar surface area (TPSA) is 42.1 Å². The van der Waals surface area contributed by atoms with E-state index in [1.807, 2.05) is 24.3 Å². The average molecular weight is 289 g/mol. The summed E-state index contributed by atoms with van der Waals surface area (Å²) < 4.78 is 0. The van der Waals surface area contributed by atoms with Gasteiger partial charge in [0.05, 0.1) is 11.9 Å². The van der Waals surface area contributed by atoms with Crippen LogP contribution in [0.5, 0.6) is 0 Å². The summed E-state index contributed by atoms with van der Waals surface area (Å²) in [5.74, 6) is 0.932. The fourth-order valence-corrected chi connectivity index (χ4v) is 2.41. The lowest BCUT2D eigenvalue weighted by Gasteiger charge is -2.24. The second-order valence-corrected chi connectivity index (χ2v) is 5.28. The number of hydrogen-bond donors (Lipinski definition) is 1. The van der Waals surface area contributed by atoms with E-state index in [1.165, 1.54) is 11.1 Å². The van der Waals surface area contributed by atoms with E-state index < -0.39 is 0 Å². The Hall–Kier alpha value is -2.81. The van der Waals surface area contributed by atoms with Crippen LogP contribution in [0.2, 0.25) is 0 Å². The van der Waals surface area contributed by atoms with Gasteiger partial charge in [0.2, 0.25) is 0 Å². The normalized spacial score (nSPS) is 10.4. The van der Waals surface area contributed by atoms with Crippen molar-refractivity contribution in [2.75, 3.05) is 10.6 Å². The number of nitrogen functional groups attached to an aromatic ring is 1. The predicted octanol–water partition coefficient (Wildman–Crippen LogP) is 3.87. The first-order valence-electron chi connectivity index (χ1n) is 7.35. The third-order valence-electron chi connectivity index (χ3n) is 3.53. The molecule has 0 radical (unpaired) electrons. The molecular weight excluding hydrogens is 270 g/mol. The molecule has 2 aromatic carbocycles. The van der Waals surface area contributed by atoms with Crippen LogP contribution in [0.25, 0.3) is 0 Å². The Balaban J connectivity index is 1.86. The second-order valence-electron chi connectivity index (χ2n) is 5.28. The van der Waals surface area contributed by atoms with Gasteiger partial charge in [-0.3, -0.25) is 0 Å². The molecule has 1 heterocycles. The molecule has 22 heavy (non-hydrogen) atoms. The minimum atomic E-state index is 0.683. The molecule has 0 spiro atoms. The lowest BCUT2D eigenvalue weighted by Crippen LogP contribution is -2.23. The van der Waals surface area contributed by atoms with Crippen LogP contribution < -0.4 is 10.6 Å². The maximum atomic E-state index is 5.75. The standard InChI is InChI=1S/C19H19N3/c20-18-11-12-19(21-13-18)22(14-16-7-3-1-4-8-16)15-17-9-5-2-6-10-17/h1-13H,14-15,20H2. The summed E-state index contributed by atoms with van der Waals surface area (Å²) in [5.41, 5.74) is 8.96. The van der Waals surface area contributed by atoms with Crippen molar-refractivity contribution in [3.63, 3.8) is 0 Å². The zero-order valence-corrected chi connectivity index (χ0v) is 12.4. The SMILES string of the molecule is Nc1ccc(N(Cc2ccccc2)Cc2ccccc2)nc1. The lowest BCUT2D eigenvalue weighted by atomic mass is 10.1. The average Bonchev–Trinajstić information content (AvgIpc) is 2.57. The smallest absolute Gasteiger partial charge is 0.129 e. The van der Waals surface area contributed by atoms with Gasteiger partial charge in [-0.15, -0.1) is 0 Å². The Kier molecular flexibility index (Phi) is 4.35.